The van der Waals surface area contributed by atoms with Crippen LogP contribution in [0.4, 0.5) is 5.69 Å². The molecule has 0 amide bonds. The van der Waals surface area contributed by atoms with Crippen molar-refractivity contribution in [2.24, 2.45) is 0 Å². The fraction of sp³-hybridized carbons (Fsp3) is 0.154. The first-order valence-corrected chi connectivity index (χ1v) is 7.33. The number of hydrogen-bond acceptors (Lipinski definition) is 3. The van der Waals surface area contributed by atoms with E-state index >= 15 is 0 Å². The number of rotatable bonds is 4. The molecule has 0 spiro atoms. The number of carbonyl (C=O) groups is 1. The van der Waals surface area contributed by atoms with Crippen LogP contribution in [0.25, 0.3) is 0 Å². The second-order valence-electron chi connectivity index (χ2n) is 3.92. The van der Waals surface area contributed by atoms with Gasteiger partial charge in [0.25, 0.3) is 0 Å². The molecule has 2 N–H and O–H groups in total. The number of anilines is 1. The lowest BCUT2D eigenvalue weighted by molar-refractivity contribution is 0.0697. The first-order valence-electron chi connectivity index (χ1n) is 5.37. The number of nitrogens with one attached hydrogen (secondary N) is 1. The summed E-state index contributed by atoms with van der Waals surface area (Å²) in [5.41, 5.74) is 2.63. The number of carboxylic acid groups (broad SMARTS) is 1. The van der Waals surface area contributed by atoms with Crippen LogP contribution in [0.15, 0.2) is 29.6 Å². The predicted molar refractivity (Wildman–Crippen MR) is 82.5 cm³/mol. The third-order valence-corrected chi connectivity index (χ3v) is 4.15. The monoisotopic (exact) mass is 373 g/mol. The number of hydrogen-bond donors (Lipinski definition) is 2. The quantitative estimate of drug-likeness (QED) is 0.798. The van der Waals surface area contributed by atoms with Crippen LogP contribution in [0.3, 0.4) is 0 Å². The highest BCUT2D eigenvalue weighted by atomic mass is 127. The second kappa shape index (κ2) is 5.71. The van der Waals surface area contributed by atoms with Crippen molar-refractivity contribution in [3.63, 3.8) is 0 Å². The third kappa shape index (κ3) is 3.23. The van der Waals surface area contributed by atoms with E-state index in [-0.39, 0.29) is 0 Å². The molecule has 0 saturated heterocycles. The maximum absolute atomic E-state index is 10.8. The Morgan fingerprint density at radius 2 is 2.22 bits per heavy atom. The molecular weight excluding hydrogens is 361 g/mol. The van der Waals surface area contributed by atoms with E-state index in [4.69, 9.17) is 5.11 Å². The van der Waals surface area contributed by atoms with Gasteiger partial charge in [-0.15, -0.1) is 11.3 Å². The number of carboxylic acids is 1. The van der Waals surface area contributed by atoms with Crippen molar-refractivity contribution in [3.05, 3.63) is 49.2 Å². The normalized spacial score (nSPS) is 10.3. The highest BCUT2D eigenvalue weighted by Crippen LogP contribution is 2.20. The molecule has 0 aliphatic rings. The Balaban J connectivity index is 2.04. The summed E-state index contributed by atoms with van der Waals surface area (Å²) in [6.45, 7) is 2.71. The molecule has 18 heavy (non-hydrogen) atoms. The zero-order chi connectivity index (χ0) is 13.1. The van der Waals surface area contributed by atoms with Gasteiger partial charge in [0.2, 0.25) is 0 Å². The first kappa shape index (κ1) is 13.4. The van der Waals surface area contributed by atoms with Crippen LogP contribution >= 0.6 is 33.9 Å². The molecule has 1 aromatic carbocycles. The van der Waals surface area contributed by atoms with Gasteiger partial charge in [-0.1, -0.05) is 0 Å². The molecule has 0 atom stereocenters. The Hall–Kier alpha value is -1.08. The van der Waals surface area contributed by atoms with Gasteiger partial charge in [0.1, 0.15) is 0 Å². The van der Waals surface area contributed by atoms with Gasteiger partial charge in [0.05, 0.1) is 5.56 Å². The van der Waals surface area contributed by atoms with Gasteiger partial charge in [-0.05, 0) is 59.3 Å². The fourth-order valence-corrected chi connectivity index (χ4v) is 3.04. The Kier molecular flexibility index (Phi) is 4.23. The van der Waals surface area contributed by atoms with E-state index in [1.54, 1.807) is 11.4 Å². The molecule has 5 heteroatoms. The van der Waals surface area contributed by atoms with Crippen molar-refractivity contribution >= 4 is 45.6 Å². The minimum Gasteiger partial charge on any atom is -0.478 e. The SMILES string of the molecule is Cc1cc(I)ccc1NCc1cc(C(=O)O)cs1. The molecule has 3 nitrogen and oxygen atoms in total. The number of aromatic carboxylic acids is 1. The van der Waals surface area contributed by atoms with Crippen LogP contribution in [0.1, 0.15) is 20.8 Å². The standard InChI is InChI=1S/C13H12INO2S/c1-8-4-10(14)2-3-12(8)15-6-11-5-9(7-18-11)13(16)17/h2-5,7,15H,6H2,1H3,(H,16,17). The van der Waals surface area contributed by atoms with Crippen LogP contribution in [0, 0.1) is 10.5 Å². The molecule has 2 rings (SSSR count). The molecule has 1 aromatic heterocycles. The van der Waals surface area contributed by atoms with Crippen LogP contribution in [-0.2, 0) is 6.54 Å². The largest absolute Gasteiger partial charge is 0.478 e. The van der Waals surface area contributed by atoms with E-state index in [9.17, 15) is 4.79 Å². The van der Waals surface area contributed by atoms with E-state index in [0.29, 0.717) is 12.1 Å². The Morgan fingerprint density at radius 3 is 2.83 bits per heavy atom. The molecule has 0 aliphatic heterocycles. The van der Waals surface area contributed by atoms with Gasteiger partial charge in [-0.3, -0.25) is 0 Å². The molecule has 0 unspecified atom stereocenters. The topological polar surface area (TPSA) is 49.3 Å². The summed E-state index contributed by atoms with van der Waals surface area (Å²) in [5.74, 6) is -0.872. The molecule has 0 radical (unpaired) electrons. The molecule has 0 fully saturated rings. The summed E-state index contributed by atoms with van der Waals surface area (Å²) in [7, 11) is 0. The molecular formula is C13H12INO2S. The first-order chi connectivity index (χ1) is 8.56. The summed E-state index contributed by atoms with van der Waals surface area (Å²) in [6.07, 6.45) is 0. The fourth-order valence-electron chi connectivity index (χ4n) is 1.59. The average molecular weight is 373 g/mol. The van der Waals surface area contributed by atoms with Gasteiger partial charge < -0.3 is 10.4 Å². The number of halogens is 1. The summed E-state index contributed by atoms with van der Waals surface area (Å²) in [5, 5.41) is 13.8. The lowest BCUT2D eigenvalue weighted by atomic mass is 10.2. The van der Waals surface area contributed by atoms with Gasteiger partial charge in [-0.2, -0.15) is 0 Å². The van der Waals surface area contributed by atoms with Crippen molar-refractivity contribution in [2.75, 3.05) is 5.32 Å². The number of thiophene rings is 1. The van der Waals surface area contributed by atoms with Gasteiger partial charge in [-0.25, -0.2) is 4.79 Å². The Morgan fingerprint density at radius 1 is 1.44 bits per heavy atom. The van der Waals surface area contributed by atoms with E-state index in [0.717, 1.165) is 10.6 Å². The van der Waals surface area contributed by atoms with Crippen LogP contribution in [0.2, 0.25) is 0 Å². The molecule has 0 saturated carbocycles. The van der Waals surface area contributed by atoms with Gasteiger partial charge in [0.15, 0.2) is 0 Å². The Labute approximate surface area is 123 Å². The van der Waals surface area contributed by atoms with E-state index < -0.39 is 5.97 Å². The van der Waals surface area contributed by atoms with E-state index in [1.165, 1.54) is 20.5 Å². The maximum Gasteiger partial charge on any atom is 0.336 e. The predicted octanol–water partition coefficient (Wildman–Crippen LogP) is 3.97. The average Bonchev–Trinajstić information content (AvgIpc) is 2.76. The number of benzene rings is 1. The second-order valence-corrected chi connectivity index (χ2v) is 6.16. The van der Waals surface area contributed by atoms with Gasteiger partial charge in [0, 0.05) is 26.1 Å². The molecule has 0 aliphatic carbocycles. The highest BCUT2D eigenvalue weighted by Gasteiger charge is 2.06. The van der Waals surface area contributed by atoms with Crippen molar-refractivity contribution < 1.29 is 9.90 Å². The lowest BCUT2D eigenvalue weighted by Gasteiger charge is -2.08. The molecule has 1 heterocycles. The lowest BCUT2D eigenvalue weighted by Crippen LogP contribution is -2.00. The smallest absolute Gasteiger partial charge is 0.336 e. The maximum atomic E-state index is 10.8. The summed E-state index contributed by atoms with van der Waals surface area (Å²) in [6, 6.07) is 7.91. The van der Waals surface area contributed by atoms with E-state index in [1.807, 2.05) is 12.1 Å². The van der Waals surface area contributed by atoms with E-state index in [2.05, 4.69) is 40.9 Å². The zero-order valence-electron chi connectivity index (χ0n) is 9.74. The molecule has 94 valence electrons. The van der Waals surface area contributed by atoms with Crippen molar-refractivity contribution in [2.45, 2.75) is 13.5 Å². The van der Waals surface area contributed by atoms with Crippen molar-refractivity contribution in [1.29, 1.82) is 0 Å². The number of aryl methyl sites for hydroxylation is 1. The zero-order valence-corrected chi connectivity index (χ0v) is 12.7. The minimum atomic E-state index is -0.872. The van der Waals surface area contributed by atoms with Crippen molar-refractivity contribution in [3.8, 4) is 0 Å². The molecule has 0 bridgehead atoms. The Bertz CT molecular complexity index is 580. The summed E-state index contributed by atoms with van der Waals surface area (Å²) >= 11 is 3.74. The summed E-state index contributed by atoms with van der Waals surface area (Å²) in [4.78, 5) is 11.8. The van der Waals surface area contributed by atoms with Crippen LogP contribution in [-0.4, -0.2) is 11.1 Å². The molecule has 2 aromatic rings. The van der Waals surface area contributed by atoms with Crippen LogP contribution in [0.5, 0.6) is 0 Å². The van der Waals surface area contributed by atoms with Crippen molar-refractivity contribution in [1.82, 2.24) is 0 Å². The minimum absolute atomic E-state index is 0.358. The highest BCUT2D eigenvalue weighted by molar-refractivity contribution is 14.1. The van der Waals surface area contributed by atoms with Gasteiger partial charge >= 0.3 is 5.97 Å². The third-order valence-electron chi connectivity index (χ3n) is 2.54. The summed E-state index contributed by atoms with van der Waals surface area (Å²) < 4.78 is 1.21. The van der Waals surface area contributed by atoms with Crippen LogP contribution < -0.4 is 5.32 Å².